The van der Waals surface area contributed by atoms with Crippen molar-refractivity contribution in [1.29, 1.82) is 0 Å². The van der Waals surface area contributed by atoms with Crippen LogP contribution in [0.5, 0.6) is 0 Å². The van der Waals surface area contributed by atoms with E-state index in [9.17, 15) is 9.59 Å². The molecule has 0 spiro atoms. The average Bonchev–Trinajstić information content (AvgIpc) is 3.21. The van der Waals surface area contributed by atoms with Gasteiger partial charge in [-0.15, -0.1) is 10.2 Å². The number of carbonyl (C=O) groups is 2. The predicted molar refractivity (Wildman–Crippen MR) is 138 cm³/mol. The average molecular weight is 520 g/mol. The van der Waals surface area contributed by atoms with Gasteiger partial charge < -0.3 is 15.2 Å². The first kappa shape index (κ1) is 26.1. The lowest BCUT2D eigenvalue weighted by molar-refractivity contribution is -0.113. The van der Waals surface area contributed by atoms with Crippen LogP contribution in [0.4, 0.5) is 5.69 Å². The molecule has 10 heteroatoms. The van der Waals surface area contributed by atoms with E-state index in [0.717, 1.165) is 11.3 Å². The summed E-state index contributed by atoms with van der Waals surface area (Å²) in [5, 5.41) is 15.9. The van der Waals surface area contributed by atoms with Gasteiger partial charge in [-0.3, -0.25) is 9.59 Å². The van der Waals surface area contributed by atoms with Crippen molar-refractivity contribution in [2.24, 2.45) is 5.92 Å². The van der Waals surface area contributed by atoms with Crippen LogP contribution in [0.15, 0.2) is 47.6 Å². The van der Waals surface area contributed by atoms with Crippen molar-refractivity contribution in [3.8, 4) is 0 Å². The van der Waals surface area contributed by atoms with Crippen LogP contribution in [-0.4, -0.2) is 32.3 Å². The van der Waals surface area contributed by atoms with Crippen LogP contribution < -0.4 is 10.6 Å². The molecule has 0 aliphatic carbocycles. The summed E-state index contributed by atoms with van der Waals surface area (Å²) in [4.78, 5) is 25.3. The van der Waals surface area contributed by atoms with E-state index in [1.165, 1.54) is 17.8 Å². The van der Waals surface area contributed by atoms with Gasteiger partial charge in [0.1, 0.15) is 0 Å². The fourth-order valence-corrected chi connectivity index (χ4v) is 4.40. The van der Waals surface area contributed by atoms with Gasteiger partial charge in [-0.1, -0.05) is 66.5 Å². The second kappa shape index (κ2) is 11.7. The number of nitrogens with zero attached hydrogens (tertiary/aromatic N) is 3. The number of halogens is 2. The van der Waals surface area contributed by atoms with E-state index in [0.29, 0.717) is 33.1 Å². The molecule has 0 aliphatic heterocycles. The van der Waals surface area contributed by atoms with Crippen LogP contribution in [0.2, 0.25) is 10.0 Å². The number of benzene rings is 2. The van der Waals surface area contributed by atoms with Gasteiger partial charge in [0.2, 0.25) is 5.91 Å². The second-order valence-electron chi connectivity index (χ2n) is 8.11. The van der Waals surface area contributed by atoms with Gasteiger partial charge in [0, 0.05) is 17.8 Å². The molecule has 7 nitrogen and oxygen atoms in total. The molecule has 3 aromatic rings. The van der Waals surface area contributed by atoms with Crippen molar-refractivity contribution in [1.82, 2.24) is 20.1 Å². The Morgan fingerprint density at radius 2 is 1.76 bits per heavy atom. The predicted octanol–water partition coefficient (Wildman–Crippen LogP) is 5.77. The molecule has 2 N–H and O–H groups in total. The minimum absolute atomic E-state index is 0.0453. The Hall–Kier alpha value is -2.55. The van der Waals surface area contributed by atoms with Gasteiger partial charge in [-0.25, -0.2) is 0 Å². The van der Waals surface area contributed by atoms with Gasteiger partial charge in [-0.2, -0.15) is 0 Å². The summed E-state index contributed by atoms with van der Waals surface area (Å²) in [6.07, 6.45) is 0. The molecule has 2 aromatic carbocycles. The van der Waals surface area contributed by atoms with Crippen LogP contribution >= 0.6 is 35.0 Å². The Kier molecular flexibility index (Phi) is 8.99. The monoisotopic (exact) mass is 519 g/mol. The van der Waals surface area contributed by atoms with Crippen LogP contribution in [-0.2, 0) is 11.3 Å². The fourth-order valence-electron chi connectivity index (χ4n) is 3.29. The summed E-state index contributed by atoms with van der Waals surface area (Å²) in [6.45, 7) is 8.55. The van der Waals surface area contributed by atoms with Crippen LogP contribution in [0.1, 0.15) is 48.6 Å². The highest BCUT2D eigenvalue weighted by Gasteiger charge is 2.26. The SMILES string of the molecule is CCn1c(SCC(=O)Nc2ccc(C)cc2)nnc1[C@H](NC(=O)c1ccc(Cl)c(Cl)c1)C(C)C. The molecule has 180 valence electrons. The maximum absolute atomic E-state index is 12.9. The highest BCUT2D eigenvalue weighted by Crippen LogP contribution is 2.27. The molecule has 0 fully saturated rings. The number of thioether (sulfide) groups is 1. The largest absolute Gasteiger partial charge is 0.342 e. The van der Waals surface area contributed by atoms with Crippen molar-refractivity contribution < 1.29 is 9.59 Å². The molecule has 2 amide bonds. The Bertz CT molecular complexity index is 1160. The van der Waals surface area contributed by atoms with E-state index in [-0.39, 0.29) is 29.5 Å². The third kappa shape index (κ3) is 6.52. The van der Waals surface area contributed by atoms with Crippen molar-refractivity contribution in [2.45, 2.75) is 45.4 Å². The first-order valence-electron chi connectivity index (χ1n) is 10.9. The number of hydrogen-bond donors (Lipinski definition) is 2. The van der Waals surface area contributed by atoms with Crippen LogP contribution in [0, 0.1) is 12.8 Å². The Morgan fingerprint density at radius 1 is 1.06 bits per heavy atom. The molecule has 0 saturated carbocycles. The number of aromatic nitrogens is 3. The molecule has 34 heavy (non-hydrogen) atoms. The molecular weight excluding hydrogens is 493 g/mol. The molecule has 0 radical (unpaired) electrons. The minimum Gasteiger partial charge on any atom is -0.342 e. The normalized spacial score (nSPS) is 12.0. The topological polar surface area (TPSA) is 88.9 Å². The third-order valence-electron chi connectivity index (χ3n) is 5.14. The van der Waals surface area contributed by atoms with Gasteiger partial charge in [0.15, 0.2) is 11.0 Å². The van der Waals surface area contributed by atoms with Crippen molar-refractivity contribution >= 4 is 52.5 Å². The van der Waals surface area contributed by atoms with Crippen LogP contribution in [0.25, 0.3) is 0 Å². The summed E-state index contributed by atoms with van der Waals surface area (Å²) in [5.74, 6) is 0.453. The molecule has 0 saturated heterocycles. The van der Waals surface area contributed by atoms with E-state index >= 15 is 0 Å². The maximum atomic E-state index is 12.9. The Labute approximate surface area is 213 Å². The zero-order valence-electron chi connectivity index (χ0n) is 19.4. The quantitative estimate of drug-likeness (QED) is 0.350. The Morgan fingerprint density at radius 3 is 2.38 bits per heavy atom. The summed E-state index contributed by atoms with van der Waals surface area (Å²) in [7, 11) is 0. The number of amides is 2. The van der Waals surface area contributed by atoms with Gasteiger partial charge in [0.05, 0.1) is 21.8 Å². The third-order valence-corrected chi connectivity index (χ3v) is 6.85. The molecule has 1 atom stereocenters. The summed E-state index contributed by atoms with van der Waals surface area (Å²) in [5.41, 5.74) is 2.28. The Balaban J connectivity index is 1.71. The maximum Gasteiger partial charge on any atom is 0.251 e. The van der Waals surface area contributed by atoms with Gasteiger partial charge in [0.25, 0.3) is 5.91 Å². The number of nitrogens with one attached hydrogen (secondary N) is 2. The summed E-state index contributed by atoms with van der Waals surface area (Å²) in [6, 6.07) is 12.0. The summed E-state index contributed by atoms with van der Waals surface area (Å²) < 4.78 is 1.92. The molecule has 1 heterocycles. The molecule has 0 unspecified atom stereocenters. The molecule has 0 bridgehead atoms. The van der Waals surface area contributed by atoms with Crippen molar-refractivity contribution in [3.05, 3.63) is 69.5 Å². The van der Waals surface area contributed by atoms with Crippen LogP contribution in [0.3, 0.4) is 0 Å². The number of carbonyl (C=O) groups excluding carboxylic acids is 2. The molecule has 1 aromatic heterocycles. The highest BCUT2D eigenvalue weighted by atomic mass is 35.5. The van der Waals surface area contributed by atoms with E-state index in [1.807, 2.05) is 56.5 Å². The fraction of sp³-hybridized carbons (Fsp3) is 0.333. The van der Waals surface area contributed by atoms with Gasteiger partial charge >= 0.3 is 0 Å². The van der Waals surface area contributed by atoms with Gasteiger partial charge in [-0.05, 0) is 50.1 Å². The lowest BCUT2D eigenvalue weighted by Gasteiger charge is -2.22. The lowest BCUT2D eigenvalue weighted by Crippen LogP contribution is -2.33. The standard InChI is InChI=1S/C24H27Cl2N5O2S/c1-5-31-22(21(14(2)3)28-23(33)16-8-11-18(25)19(26)12-16)29-30-24(31)34-13-20(32)27-17-9-6-15(4)7-10-17/h6-12,14,21H,5,13H2,1-4H3,(H,27,32)(H,28,33)/t21-/m1/s1. The molecule has 0 aliphatic rings. The smallest absolute Gasteiger partial charge is 0.251 e. The van der Waals surface area contributed by atoms with E-state index < -0.39 is 0 Å². The second-order valence-corrected chi connectivity index (χ2v) is 9.87. The number of hydrogen-bond acceptors (Lipinski definition) is 5. The molecule has 3 rings (SSSR count). The zero-order valence-corrected chi connectivity index (χ0v) is 21.8. The number of aryl methyl sites for hydroxylation is 1. The molecular formula is C24H27Cl2N5O2S. The highest BCUT2D eigenvalue weighted by molar-refractivity contribution is 7.99. The first-order chi connectivity index (χ1) is 16.2. The first-order valence-corrected chi connectivity index (χ1v) is 12.6. The van der Waals surface area contributed by atoms with E-state index in [2.05, 4.69) is 20.8 Å². The number of anilines is 1. The van der Waals surface area contributed by atoms with E-state index in [4.69, 9.17) is 23.2 Å². The lowest BCUT2D eigenvalue weighted by atomic mass is 10.0. The number of rotatable bonds is 9. The van der Waals surface area contributed by atoms with Crippen molar-refractivity contribution in [2.75, 3.05) is 11.1 Å². The van der Waals surface area contributed by atoms with E-state index in [1.54, 1.807) is 12.1 Å². The zero-order chi connectivity index (χ0) is 24.8. The van der Waals surface area contributed by atoms with Crippen molar-refractivity contribution in [3.63, 3.8) is 0 Å². The minimum atomic E-state index is -0.384. The summed E-state index contributed by atoms with van der Waals surface area (Å²) >= 11 is 13.3.